The number of carbonyl (C=O) groups excluding carboxylic acids is 3. The first-order chi connectivity index (χ1) is 7.65. The van der Waals surface area contributed by atoms with Gasteiger partial charge in [-0.2, -0.15) is 0 Å². The Balaban J connectivity index is 2.86. The maximum atomic E-state index is 10.8. The SMILES string of the molecule is CC(=O)Nc1ccc(C=C(C=O)C=O)cc1. The highest BCUT2D eigenvalue weighted by atomic mass is 16.1. The normalized spacial score (nSPS) is 9.06. The summed E-state index contributed by atoms with van der Waals surface area (Å²) in [4.78, 5) is 31.5. The van der Waals surface area contributed by atoms with E-state index in [2.05, 4.69) is 5.32 Å². The van der Waals surface area contributed by atoms with Crippen molar-refractivity contribution >= 4 is 30.2 Å². The van der Waals surface area contributed by atoms with Crippen LogP contribution in [0.1, 0.15) is 12.5 Å². The average Bonchev–Trinajstić information content (AvgIpc) is 2.27. The fourth-order valence-electron chi connectivity index (χ4n) is 1.15. The van der Waals surface area contributed by atoms with Crippen LogP contribution in [-0.2, 0) is 14.4 Å². The first-order valence-electron chi connectivity index (χ1n) is 4.65. The van der Waals surface area contributed by atoms with Gasteiger partial charge in [0.05, 0.1) is 5.57 Å². The number of carbonyl (C=O) groups is 3. The van der Waals surface area contributed by atoms with Gasteiger partial charge >= 0.3 is 0 Å². The lowest BCUT2D eigenvalue weighted by atomic mass is 10.1. The molecule has 0 radical (unpaired) electrons. The van der Waals surface area contributed by atoms with Gasteiger partial charge in [-0.25, -0.2) is 0 Å². The van der Waals surface area contributed by atoms with Crippen LogP contribution in [0.5, 0.6) is 0 Å². The molecule has 0 aliphatic rings. The van der Waals surface area contributed by atoms with Gasteiger partial charge in [-0.3, -0.25) is 14.4 Å². The average molecular weight is 217 g/mol. The molecule has 82 valence electrons. The molecule has 0 heterocycles. The largest absolute Gasteiger partial charge is 0.326 e. The van der Waals surface area contributed by atoms with Crippen molar-refractivity contribution in [3.05, 3.63) is 35.4 Å². The molecular formula is C12H11NO3. The minimum atomic E-state index is -0.148. The lowest BCUT2D eigenvalue weighted by Gasteiger charge is -2.01. The van der Waals surface area contributed by atoms with Crippen LogP contribution in [0.4, 0.5) is 5.69 Å². The second-order valence-corrected chi connectivity index (χ2v) is 3.18. The zero-order valence-electron chi connectivity index (χ0n) is 8.77. The summed E-state index contributed by atoms with van der Waals surface area (Å²) in [6.45, 7) is 1.42. The van der Waals surface area contributed by atoms with Crippen molar-refractivity contribution in [3.63, 3.8) is 0 Å². The molecule has 1 amide bonds. The quantitative estimate of drug-likeness (QED) is 0.359. The van der Waals surface area contributed by atoms with E-state index in [0.29, 0.717) is 18.3 Å². The standard InChI is InChI=1S/C12H11NO3/c1-9(16)13-12-4-2-10(3-5-12)6-11(7-14)8-15/h2-8H,1H3,(H,13,16). The highest BCUT2D eigenvalue weighted by Crippen LogP contribution is 2.11. The second-order valence-electron chi connectivity index (χ2n) is 3.18. The Morgan fingerprint density at radius 3 is 2.12 bits per heavy atom. The van der Waals surface area contributed by atoms with Gasteiger partial charge in [0, 0.05) is 12.6 Å². The zero-order chi connectivity index (χ0) is 12.0. The van der Waals surface area contributed by atoms with E-state index >= 15 is 0 Å². The highest BCUT2D eigenvalue weighted by Gasteiger charge is 1.96. The Labute approximate surface area is 93.0 Å². The van der Waals surface area contributed by atoms with Crippen molar-refractivity contribution in [2.24, 2.45) is 0 Å². The molecule has 4 heteroatoms. The lowest BCUT2D eigenvalue weighted by Crippen LogP contribution is -2.05. The minimum Gasteiger partial charge on any atom is -0.326 e. The van der Waals surface area contributed by atoms with Gasteiger partial charge in [0.2, 0.25) is 5.91 Å². The number of anilines is 1. The molecule has 0 unspecified atom stereocenters. The molecular weight excluding hydrogens is 206 g/mol. The molecule has 4 nitrogen and oxygen atoms in total. The van der Waals surface area contributed by atoms with Gasteiger partial charge in [-0.1, -0.05) is 12.1 Å². The predicted molar refractivity (Wildman–Crippen MR) is 60.9 cm³/mol. The molecule has 0 aromatic heterocycles. The molecule has 0 saturated carbocycles. The Hall–Kier alpha value is -2.23. The molecule has 1 aromatic rings. The summed E-state index contributed by atoms with van der Waals surface area (Å²) in [7, 11) is 0. The third-order valence-electron chi connectivity index (χ3n) is 1.84. The predicted octanol–water partition coefficient (Wildman–Crippen LogP) is 1.43. The fraction of sp³-hybridized carbons (Fsp3) is 0.0833. The van der Waals surface area contributed by atoms with E-state index < -0.39 is 0 Å². The van der Waals surface area contributed by atoms with Crippen molar-refractivity contribution < 1.29 is 14.4 Å². The molecule has 0 spiro atoms. The van der Waals surface area contributed by atoms with Gasteiger partial charge < -0.3 is 5.32 Å². The maximum absolute atomic E-state index is 10.8. The van der Waals surface area contributed by atoms with E-state index in [1.54, 1.807) is 24.3 Å². The highest BCUT2D eigenvalue weighted by molar-refractivity contribution is 6.04. The van der Waals surface area contributed by atoms with Crippen LogP contribution in [-0.4, -0.2) is 18.5 Å². The Morgan fingerprint density at radius 2 is 1.69 bits per heavy atom. The zero-order valence-corrected chi connectivity index (χ0v) is 8.77. The molecule has 0 atom stereocenters. The van der Waals surface area contributed by atoms with E-state index in [4.69, 9.17) is 0 Å². The summed E-state index contributed by atoms with van der Waals surface area (Å²) < 4.78 is 0. The summed E-state index contributed by atoms with van der Waals surface area (Å²) in [5.74, 6) is -0.148. The first kappa shape index (κ1) is 11.8. The summed E-state index contributed by atoms with van der Waals surface area (Å²) in [6, 6.07) is 6.80. The summed E-state index contributed by atoms with van der Waals surface area (Å²) in [6.07, 6.45) is 2.46. The number of hydrogen-bond donors (Lipinski definition) is 1. The Morgan fingerprint density at radius 1 is 1.12 bits per heavy atom. The van der Waals surface area contributed by atoms with Crippen molar-refractivity contribution in [2.75, 3.05) is 5.32 Å². The summed E-state index contributed by atoms with van der Waals surface area (Å²) >= 11 is 0. The van der Waals surface area contributed by atoms with E-state index in [-0.39, 0.29) is 11.5 Å². The van der Waals surface area contributed by atoms with Crippen LogP contribution in [0, 0.1) is 0 Å². The molecule has 1 aromatic carbocycles. The number of allylic oxidation sites excluding steroid dienone is 1. The van der Waals surface area contributed by atoms with Crippen LogP contribution in [0.2, 0.25) is 0 Å². The number of nitrogens with one attached hydrogen (secondary N) is 1. The smallest absolute Gasteiger partial charge is 0.221 e. The third-order valence-corrected chi connectivity index (χ3v) is 1.84. The van der Waals surface area contributed by atoms with E-state index in [1.165, 1.54) is 13.0 Å². The van der Waals surface area contributed by atoms with Crippen molar-refractivity contribution in [3.8, 4) is 0 Å². The second kappa shape index (κ2) is 5.60. The minimum absolute atomic E-state index is 0.0762. The van der Waals surface area contributed by atoms with Gasteiger partial charge in [0.25, 0.3) is 0 Å². The first-order valence-corrected chi connectivity index (χ1v) is 4.65. The van der Waals surface area contributed by atoms with Gasteiger partial charge in [0.1, 0.15) is 0 Å². The monoisotopic (exact) mass is 217 g/mol. The van der Waals surface area contributed by atoms with Gasteiger partial charge in [0.15, 0.2) is 12.6 Å². The topological polar surface area (TPSA) is 63.2 Å². The van der Waals surface area contributed by atoms with Crippen LogP contribution >= 0.6 is 0 Å². The molecule has 0 saturated heterocycles. The van der Waals surface area contributed by atoms with Crippen LogP contribution in [0.15, 0.2) is 29.8 Å². The lowest BCUT2D eigenvalue weighted by molar-refractivity contribution is -0.114. The van der Waals surface area contributed by atoms with Gasteiger partial charge in [-0.15, -0.1) is 0 Å². The molecule has 0 fully saturated rings. The Kier molecular flexibility index (Phi) is 4.15. The van der Waals surface area contributed by atoms with E-state index in [9.17, 15) is 14.4 Å². The van der Waals surface area contributed by atoms with Crippen LogP contribution in [0.3, 0.4) is 0 Å². The molecule has 1 N–H and O–H groups in total. The molecule has 0 aliphatic heterocycles. The summed E-state index contributed by atoms with van der Waals surface area (Å²) in [5.41, 5.74) is 1.47. The van der Waals surface area contributed by atoms with Gasteiger partial charge in [-0.05, 0) is 23.8 Å². The summed E-state index contributed by atoms with van der Waals surface area (Å²) in [5, 5.41) is 2.61. The number of rotatable bonds is 4. The van der Waals surface area contributed by atoms with E-state index in [1.807, 2.05) is 0 Å². The number of hydrogen-bond acceptors (Lipinski definition) is 3. The van der Waals surface area contributed by atoms with Crippen molar-refractivity contribution in [1.29, 1.82) is 0 Å². The number of benzene rings is 1. The molecule has 1 rings (SSSR count). The molecule has 0 aliphatic carbocycles. The van der Waals surface area contributed by atoms with Crippen LogP contribution in [0.25, 0.3) is 6.08 Å². The maximum Gasteiger partial charge on any atom is 0.221 e. The molecule has 0 bridgehead atoms. The van der Waals surface area contributed by atoms with Crippen LogP contribution < -0.4 is 5.32 Å². The fourth-order valence-corrected chi connectivity index (χ4v) is 1.15. The van der Waals surface area contributed by atoms with Crippen molar-refractivity contribution in [2.45, 2.75) is 6.92 Å². The Bertz CT molecular complexity index is 422. The third kappa shape index (κ3) is 3.49. The number of amides is 1. The number of aldehydes is 2. The molecule has 16 heavy (non-hydrogen) atoms. The van der Waals surface area contributed by atoms with E-state index in [0.717, 1.165) is 5.56 Å². The van der Waals surface area contributed by atoms with Crippen molar-refractivity contribution in [1.82, 2.24) is 0 Å².